The number of rotatable bonds is 6. The fourth-order valence-corrected chi connectivity index (χ4v) is 2.90. The Hall–Kier alpha value is -2.71. The van der Waals surface area contributed by atoms with Crippen LogP contribution in [-0.4, -0.2) is 57.3 Å². The van der Waals surface area contributed by atoms with Crippen LogP contribution in [0.15, 0.2) is 41.3 Å². The topological polar surface area (TPSA) is 105 Å². The van der Waals surface area contributed by atoms with E-state index in [9.17, 15) is 14.7 Å². The summed E-state index contributed by atoms with van der Waals surface area (Å²) in [5, 5.41) is 10.1. The molecule has 0 unspecified atom stereocenters. The van der Waals surface area contributed by atoms with Gasteiger partial charge in [-0.25, -0.2) is 4.98 Å². The summed E-state index contributed by atoms with van der Waals surface area (Å²) in [5.74, 6) is 0.499. The molecule has 2 atom stereocenters. The number of β-amino-alcohol motifs (C(OH)–C–C–N with tert-alkyl or cyclic N) is 1. The van der Waals surface area contributed by atoms with Crippen LogP contribution in [-0.2, 0) is 11.3 Å². The highest BCUT2D eigenvalue weighted by molar-refractivity contribution is 5.93. The van der Waals surface area contributed by atoms with Crippen molar-refractivity contribution in [3.05, 3.63) is 58.3 Å². The van der Waals surface area contributed by atoms with Crippen molar-refractivity contribution in [2.45, 2.75) is 38.8 Å². The molecule has 0 bridgehead atoms. The number of aromatic amines is 1. The van der Waals surface area contributed by atoms with Crippen molar-refractivity contribution < 1.29 is 19.4 Å². The molecule has 0 aliphatic carbocycles. The fraction of sp³-hybridized carbons (Fsp3) is 0.421. The van der Waals surface area contributed by atoms with Gasteiger partial charge in [-0.1, -0.05) is 18.2 Å². The van der Waals surface area contributed by atoms with Crippen LogP contribution in [0.3, 0.4) is 0 Å². The predicted molar refractivity (Wildman–Crippen MR) is 97.6 cm³/mol. The van der Waals surface area contributed by atoms with E-state index in [4.69, 9.17) is 9.47 Å². The summed E-state index contributed by atoms with van der Waals surface area (Å²) < 4.78 is 11.1. The number of aliphatic hydroxyl groups is 1. The largest absolute Gasteiger partial charge is 0.486 e. The van der Waals surface area contributed by atoms with Gasteiger partial charge in [0.15, 0.2) is 0 Å². The van der Waals surface area contributed by atoms with Crippen molar-refractivity contribution >= 4 is 5.91 Å². The van der Waals surface area contributed by atoms with Crippen LogP contribution in [0, 0.1) is 0 Å². The second-order valence-corrected chi connectivity index (χ2v) is 6.68. The van der Waals surface area contributed by atoms with Gasteiger partial charge in [0.2, 0.25) is 0 Å². The van der Waals surface area contributed by atoms with Crippen molar-refractivity contribution in [3.63, 3.8) is 0 Å². The van der Waals surface area contributed by atoms with Crippen molar-refractivity contribution in [1.82, 2.24) is 14.9 Å². The minimum atomic E-state index is -0.776. The van der Waals surface area contributed by atoms with Crippen molar-refractivity contribution in [3.8, 4) is 5.75 Å². The maximum atomic E-state index is 12.6. The number of carbonyl (C=O) groups is 1. The van der Waals surface area contributed by atoms with Crippen LogP contribution in [0.2, 0.25) is 0 Å². The van der Waals surface area contributed by atoms with Gasteiger partial charge in [-0.3, -0.25) is 9.59 Å². The summed E-state index contributed by atoms with van der Waals surface area (Å²) in [6.07, 6.45) is -0.0523. The van der Waals surface area contributed by atoms with Crippen molar-refractivity contribution in [2.75, 3.05) is 13.1 Å². The average molecular weight is 373 g/mol. The van der Waals surface area contributed by atoms with Gasteiger partial charge in [0.05, 0.1) is 12.2 Å². The summed E-state index contributed by atoms with van der Waals surface area (Å²) in [6.45, 7) is 4.16. The molecule has 2 aromatic rings. The molecule has 144 valence electrons. The minimum Gasteiger partial charge on any atom is -0.486 e. The molecule has 0 saturated carbocycles. The first-order valence-corrected chi connectivity index (χ1v) is 8.83. The van der Waals surface area contributed by atoms with Crippen LogP contribution in [0.5, 0.6) is 5.75 Å². The fourth-order valence-electron chi connectivity index (χ4n) is 2.90. The van der Waals surface area contributed by atoms with Gasteiger partial charge >= 0.3 is 0 Å². The Morgan fingerprint density at radius 2 is 2.07 bits per heavy atom. The third-order valence-electron chi connectivity index (χ3n) is 4.17. The van der Waals surface area contributed by atoms with Gasteiger partial charge in [0.1, 0.15) is 29.8 Å². The molecule has 2 heterocycles. The molecule has 0 spiro atoms. The van der Waals surface area contributed by atoms with Gasteiger partial charge < -0.3 is 24.5 Å². The van der Waals surface area contributed by atoms with Crippen molar-refractivity contribution in [1.29, 1.82) is 0 Å². The molecule has 1 fully saturated rings. The second-order valence-electron chi connectivity index (χ2n) is 6.68. The highest BCUT2D eigenvalue weighted by atomic mass is 16.5. The van der Waals surface area contributed by atoms with E-state index in [-0.39, 0.29) is 31.4 Å². The summed E-state index contributed by atoms with van der Waals surface area (Å²) in [7, 11) is 0. The second kappa shape index (κ2) is 8.32. The van der Waals surface area contributed by atoms with Gasteiger partial charge in [-0.15, -0.1) is 0 Å². The molecule has 2 N–H and O–H groups in total. The summed E-state index contributed by atoms with van der Waals surface area (Å²) >= 11 is 0. The summed E-state index contributed by atoms with van der Waals surface area (Å²) in [6, 6.07) is 9.15. The number of likely N-dealkylation sites (tertiary alicyclic amines) is 1. The molecule has 1 saturated heterocycles. The maximum absolute atomic E-state index is 12.6. The number of hydrogen-bond acceptors (Lipinski definition) is 6. The quantitative estimate of drug-likeness (QED) is 0.781. The number of para-hydroxylation sites is 1. The maximum Gasteiger partial charge on any atom is 0.263 e. The third-order valence-corrected chi connectivity index (χ3v) is 4.17. The lowest BCUT2D eigenvalue weighted by Gasteiger charge is -2.18. The molecular formula is C19H23N3O5. The molecule has 0 radical (unpaired) electrons. The predicted octanol–water partition coefficient (Wildman–Crippen LogP) is 0.959. The SMILES string of the molecule is CC(C)O[C@@H]1CN(C(=O)c2cnc(COc3ccccc3)[nH]c2=O)C[C@H]1O. The van der Waals surface area contributed by atoms with Crippen LogP contribution in [0.25, 0.3) is 0 Å². The Kier molecular flexibility index (Phi) is 5.88. The lowest BCUT2D eigenvalue weighted by atomic mass is 10.2. The molecule has 3 rings (SSSR count). The molecule has 1 aromatic heterocycles. The number of benzene rings is 1. The highest BCUT2D eigenvalue weighted by Crippen LogP contribution is 2.17. The van der Waals surface area contributed by atoms with E-state index in [1.165, 1.54) is 11.1 Å². The van der Waals surface area contributed by atoms with Crippen LogP contribution < -0.4 is 10.3 Å². The number of hydrogen-bond donors (Lipinski definition) is 2. The average Bonchev–Trinajstić information content (AvgIpc) is 3.00. The molecule has 8 heteroatoms. The Labute approximate surface area is 156 Å². The van der Waals surface area contributed by atoms with E-state index in [0.717, 1.165) is 0 Å². The Bertz CT molecular complexity index is 837. The molecule has 1 aliphatic heterocycles. The molecular weight excluding hydrogens is 350 g/mol. The molecule has 27 heavy (non-hydrogen) atoms. The number of ether oxygens (including phenoxy) is 2. The smallest absolute Gasteiger partial charge is 0.263 e. The van der Waals surface area contributed by atoms with E-state index in [2.05, 4.69) is 9.97 Å². The van der Waals surface area contributed by atoms with Gasteiger partial charge in [-0.2, -0.15) is 0 Å². The first kappa shape index (κ1) is 19.1. The number of H-pyrrole nitrogens is 1. The molecule has 1 aliphatic rings. The van der Waals surface area contributed by atoms with E-state index < -0.39 is 23.7 Å². The van der Waals surface area contributed by atoms with Gasteiger partial charge in [0, 0.05) is 19.3 Å². The van der Waals surface area contributed by atoms with E-state index >= 15 is 0 Å². The molecule has 1 aromatic carbocycles. The van der Waals surface area contributed by atoms with E-state index in [1.807, 2.05) is 32.0 Å². The minimum absolute atomic E-state index is 0.0614. The van der Waals surface area contributed by atoms with Gasteiger partial charge in [0.25, 0.3) is 11.5 Å². The monoisotopic (exact) mass is 373 g/mol. The molecule has 1 amide bonds. The molecule has 8 nitrogen and oxygen atoms in total. The van der Waals surface area contributed by atoms with E-state index in [0.29, 0.717) is 11.6 Å². The first-order chi connectivity index (χ1) is 12.9. The summed E-state index contributed by atoms with van der Waals surface area (Å²) in [5.41, 5.74) is -0.611. The number of aromatic nitrogens is 2. The van der Waals surface area contributed by atoms with Crippen LogP contribution >= 0.6 is 0 Å². The zero-order chi connectivity index (χ0) is 19.4. The highest BCUT2D eigenvalue weighted by Gasteiger charge is 2.36. The number of aliphatic hydroxyl groups excluding tert-OH is 1. The zero-order valence-electron chi connectivity index (χ0n) is 15.3. The zero-order valence-corrected chi connectivity index (χ0v) is 15.3. The number of nitrogens with one attached hydrogen (secondary N) is 1. The normalized spacial score (nSPS) is 19.5. The standard InChI is InChI=1S/C19H23N3O5/c1-12(2)27-16-10-22(9-15(16)23)19(25)14-8-20-17(21-18(14)24)11-26-13-6-4-3-5-7-13/h3-8,12,15-16,23H,9-11H2,1-2H3,(H,20,21,24)/t15-,16-/m1/s1. The Morgan fingerprint density at radius 3 is 2.74 bits per heavy atom. The summed E-state index contributed by atoms with van der Waals surface area (Å²) in [4.78, 5) is 33.0. The van der Waals surface area contributed by atoms with Gasteiger partial charge in [-0.05, 0) is 26.0 Å². The Balaban J connectivity index is 1.65. The lowest BCUT2D eigenvalue weighted by molar-refractivity contribution is -0.0394. The van der Waals surface area contributed by atoms with E-state index in [1.54, 1.807) is 12.1 Å². The van der Waals surface area contributed by atoms with Crippen molar-refractivity contribution in [2.24, 2.45) is 0 Å². The number of nitrogens with zero attached hydrogens (tertiary/aromatic N) is 2. The number of amides is 1. The third kappa shape index (κ3) is 4.72. The first-order valence-electron chi connectivity index (χ1n) is 8.83. The Morgan fingerprint density at radius 1 is 1.33 bits per heavy atom. The van der Waals surface area contributed by atoms with Crippen LogP contribution in [0.1, 0.15) is 30.0 Å². The number of carbonyl (C=O) groups excluding carboxylic acids is 1. The lowest BCUT2D eigenvalue weighted by Crippen LogP contribution is -2.35. The van der Waals surface area contributed by atoms with Crippen LogP contribution in [0.4, 0.5) is 0 Å².